The van der Waals surface area contributed by atoms with Gasteiger partial charge in [0.1, 0.15) is 11.6 Å². The quantitative estimate of drug-likeness (QED) is 0.384. The highest BCUT2D eigenvalue weighted by Crippen LogP contribution is 2.42. The second-order valence-electron chi connectivity index (χ2n) is 10.6. The second-order valence-corrected chi connectivity index (χ2v) is 10.6. The number of pyridine rings is 2. The van der Waals surface area contributed by atoms with E-state index in [1.165, 1.54) is 35.9 Å². The van der Waals surface area contributed by atoms with Crippen LogP contribution in [0.15, 0.2) is 55.0 Å². The normalized spacial score (nSPS) is 18.3. The van der Waals surface area contributed by atoms with Crippen LogP contribution in [0.3, 0.4) is 0 Å². The molecule has 0 radical (unpaired) electrons. The molecule has 3 fully saturated rings. The van der Waals surface area contributed by atoms with E-state index in [0.717, 1.165) is 80.9 Å². The van der Waals surface area contributed by atoms with E-state index in [9.17, 15) is 0 Å². The molecule has 0 spiro atoms. The first kappa shape index (κ1) is 24.2. The van der Waals surface area contributed by atoms with Crippen LogP contribution in [0.1, 0.15) is 30.7 Å². The third kappa shape index (κ3) is 4.99. The van der Waals surface area contributed by atoms with Gasteiger partial charge in [-0.25, -0.2) is 15.0 Å². The maximum Gasteiger partial charge on any atom is 0.162 e. The molecular formula is C30H34N8O. The van der Waals surface area contributed by atoms with E-state index in [2.05, 4.69) is 54.7 Å². The fourth-order valence-electron chi connectivity index (χ4n) is 5.74. The Morgan fingerprint density at radius 3 is 2.62 bits per heavy atom. The van der Waals surface area contributed by atoms with E-state index < -0.39 is 0 Å². The monoisotopic (exact) mass is 522 g/mol. The van der Waals surface area contributed by atoms with Crippen molar-refractivity contribution in [3.8, 4) is 11.4 Å². The molecule has 1 aliphatic carbocycles. The van der Waals surface area contributed by atoms with Crippen LogP contribution >= 0.6 is 0 Å². The summed E-state index contributed by atoms with van der Waals surface area (Å²) >= 11 is 0. The van der Waals surface area contributed by atoms with E-state index in [1.807, 2.05) is 30.7 Å². The average Bonchev–Trinajstić information content (AvgIpc) is 2.97. The predicted molar refractivity (Wildman–Crippen MR) is 155 cm³/mol. The summed E-state index contributed by atoms with van der Waals surface area (Å²) in [4.78, 5) is 24.2. The minimum absolute atomic E-state index is 0.558. The van der Waals surface area contributed by atoms with Gasteiger partial charge in [-0.3, -0.25) is 4.98 Å². The number of hydrogen-bond donors (Lipinski definition) is 2. The number of ether oxygens (including phenoxy) is 1. The number of morpholine rings is 1. The van der Waals surface area contributed by atoms with E-state index in [0.29, 0.717) is 11.7 Å². The average molecular weight is 523 g/mol. The van der Waals surface area contributed by atoms with E-state index in [1.54, 1.807) is 0 Å². The molecule has 0 bridgehead atoms. The number of fused-ring (bicyclic) bond motifs is 1. The van der Waals surface area contributed by atoms with Crippen LogP contribution in [-0.4, -0.2) is 72.4 Å². The molecule has 9 nitrogen and oxygen atoms in total. The number of hydrogen-bond acceptors (Lipinski definition) is 9. The number of nitrogens with zero attached hydrogens (tertiary/aromatic N) is 6. The Hall–Kier alpha value is -3.82. The molecule has 1 saturated carbocycles. The zero-order valence-corrected chi connectivity index (χ0v) is 22.1. The maximum atomic E-state index is 5.51. The lowest BCUT2D eigenvalue weighted by atomic mass is 9.79. The van der Waals surface area contributed by atoms with Crippen LogP contribution in [0.2, 0.25) is 0 Å². The molecule has 0 atom stereocenters. The summed E-state index contributed by atoms with van der Waals surface area (Å²) in [5.74, 6) is 3.06. The predicted octanol–water partition coefficient (Wildman–Crippen LogP) is 4.34. The van der Waals surface area contributed by atoms with Crippen molar-refractivity contribution in [3.05, 3.63) is 60.6 Å². The van der Waals surface area contributed by atoms with Crippen LogP contribution in [0.5, 0.6) is 0 Å². The molecule has 4 aromatic rings. The van der Waals surface area contributed by atoms with Crippen LogP contribution in [0, 0.1) is 0 Å². The Kier molecular flexibility index (Phi) is 6.68. The molecule has 0 amide bonds. The van der Waals surface area contributed by atoms with Gasteiger partial charge in [0.25, 0.3) is 0 Å². The van der Waals surface area contributed by atoms with Gasteiger partial charge in [-0.1, -0.05) is 12.5 Å². The molecule has 1 aromatic carbocycles. The van der Waals surface area contributed by atoms with Crippen molar-refractivity contribution in [2.24, 2.45) is 0 Å². The van der Waals surface area contributed by atoms with Gasteiger partial charge in [0.2, 0.25) is 0 Å². The van der Waals surface area contributed by atoms with Crippen molar-refractivity contribution in [1.82, 2.24) is 25.3 Å². The summed E-state index contributed by atoms with van der Waals surface area (Å²) in [5.41, 5.74) is 5.34. The molecule has 2 aliphatic heterocycles. The molecular weight excluding hydrogens is 488 g/mol. The summed E-state index contributed by atoms with van der Waals surface area (Å²) in [7, 11) is 0. The Morgan fingerprint density at radius 2 is 1.79 bits per heavy atom. The second kappa shape index (κ2) is 10.7. The van der Waals surface area contributed by atoms with Gasteiger partial charge in [0.15, 0.2) is 5.82 Å². The SMILES string of the molecule is c1cc(Nc2cc(-c3nc(N4CCNCC4)c4c(C5CCC5)cncc4n3)ccn2)cc(N2CCOCC2)c1. The summed E-state index contributed by atoms with van der Waals surface area (Å²) in [6.45, 7) is 7.12. The number of nitrogens with one attached hydrogen (secondary N) is 2. The van der Waals surface area contributed by atoms with Gasteiger partial charge >= 0.3 is 0 Å². The molecule has 0 unspecified atom stereocenters. The lowest BCUT2D eigenvalue weighted by molar-refractivity contribution is 0.122. The van der Waals surface area contributed by atoms with Crippen LogP contribution in [0.4, 0.5) is 23.0 Å². The number of rotatable bonds is 6. The van der Waals surface area contributed by atoms with Gasteiger partial charge in [-0.2, -0.15) is 0 Å². The number of piperazine rings is 1. The van der Waals surface area contributed by atoms with Gasteiger partial charge in [0.05, 0.1) is 24.9 Å². The fourth-order valence-corrected chi connectivity index (χ4v) is 5.74. The standard InChI is InChI=1S/C30H34N8O/c1-3-21(4-1)25-19-32-20-26-28(25)30(38-11-9-31-10-12-38)36-29(35-26)22-7-8-33-27(17-22)34-23-5-2-6-24(18-23)37-13-15-39-16-14-37/h2,5-8,17-21,31H,1,3-4,9-16H2,(H,33,34). The maximum absolute atomic E-state index is 5.51. The van der Waals surface area contributed by atoms with Crippen molar-refractivity contribution < 1.29 is 4.74 Å². The molecule has 2 N–H and O–H groups in total. The number of benzene rings is 1. The minimum atomic E-state index is 0.558. The molecule has 3 aliphatic rings. The number of anilines is 4. The molecule has 5 heterocycles. The van der Waals surface area contributed by atoms with Crippen LogP contribution in [-0.2, 0) is 4.74 Å². The summed E-state index contributed by atoms with van der Waals surface area (Å²) < 4.78 is 5.51. The van der Waals surface area contributed by atoms with Crippen molar-refractivity contribution in [2.45, 2.75) is 25.2 Å². The van der Waals surface area contributed by atoms with Gasteiger partial charge in [-0.05, 0) is 54.7 Å². The van der Waals surface area contributed by atoms with Gasteiger partial charge in [-0.15, -0.1) is 0 Å². The smallest absolute Gasteiger partial charge is 0.162 e. The zero-order chi connectivity index (χ0) is 26.0. The first-order valence-electron chi connectivity index (χ1n) is 14.1. The molecule has 9 heteroatoms. The largest absolute Gasteiger partial charge is 0.378 e. The minimum Gasteiger partial charge on any atom is -0.378 e. The third-order valence-corrected chi connectivity index (χ3v) is 8.09. The van der Waals surface area contributed by atoms with E-state index in [4.69, 9.17) is 14.7 Å². The van der Waals surface area contributed by atoms with Crippen molar-refractivity contribution in [2.75, 3.05) is 67.6 Å². The highest BCUT2D eigenvalue weighted by atomic mass is 16.5. The van der Waals surface area contributed by atoms with Crippen molar-refractivity contribution >= 4 is 33.9 Å². The third-order valence-electron chi connectivity index (χ3n) is 8.09. The highest BCUT2D eigenvalue weighted by molar-refractivity contribution is 5.94. The van der Waals surface area contributed by atoms with Crippen LogP contribution < -0.4 is 20.4 Å². The fraction of sp³-hybridized carbons (Fsp3) is 0.400. The summed E-state index contributed by atoms with van der Waals surface area (Å²) in [6.07, 6.45) is 9.48. The van der Waals surface area contributed by atoms with Crippen LogP contribution in [0.25, 0.3) is 22.3 Å². The van der Waals surface area contributed by atoms with E-state index in [-0.39, 0.29) is 0 Å². The summed E-state index contributed by atoms with van der Waals surface area (Å²) in [6, 6.07) is 12.5. The molecule has 200 valence electrons. The Morgan fingerprint density at radius 1 is 0.923 bits per heavy atom. The number of aromatic nitrogens is 4. The zero-order valence-electron chi connectivity index (χ0n) is 22.1. The topological polar surface area (TPSA) is 91.3 Å². The Bertz CT molecular complexity index is 1460. The van der Waals surface area contributed by atoms with E-state index >= 15 is 0 Å². The highest BCUT2D eigenvalue weighted by Gasteiger charge is 2.26. The summed E-state index contributed by atoms with van der Waals surface area (Å²) in [5, 5.41) is 8.14. The first-order valence-corrected chi connectivity index (χ1v) is 14.1. The van der Waals surface area contributed by atoms with Gasteiger partial charge in [0, 0.05) is 74.0 Å². The first-order chi connectivity index (χ1) is 19.3. The van der Waals surface area contributed by atoms with Crippen molar-refractivity contribution in [1.29, 1.82) is 0 Å². The van der Waals surface area contributed by atoms with Crippen molar-refractivity contribution in [3.63, 3.8) is 0 Å². The molecule has 7 rings (SSSR count). The molecule has 3 aromatic heterocycles. The Balaban J connectivity index is 1.23. The lowest BCUT2D eigenvalue weighted by Gasteiger charge is -2.32. The molecule has 2 saturated heterocycles. The Labute approximate surface area is 228 Å². The van der Waals surface area contributed by atoms with Gasteiger partial charge < -0.3 is 25.2 Å². The lowest BCUT2D eigenvalue weighted by Crippen LogP contribution is -2.44. The molecule has 39 heavy (non-hydrogen) atoms.